The van der Waals surface area contributed by atoms with Crippen LogP contribution in [0.2, 0.25) is 0 Å². The second-order valence-electron chi connectivity index (χ2n) is 3.95. The zero-order valence-electron chi connectivity index (χ0n) is 10.6. The van der Waals surface area contributed by atoms with Crippen LogP contribution in [0.1, 0.15) is 10.4 Å². The van der Waals surface area contributed by atoms with E-state index < -0.39 is 5.97 Å². The highest BCUT2D eigenvalue weighted by atomic mass is 79.9. The van der Waals surface area contributed by atoms with E-state index in [0.717, 1.165) is 15.1 Å². The molecular formula is C15H13BrO3S. The van der Waals surface area contributed by atoms with Crippen LogP contribution in [-0.4, -0.2) is 23.4 Å². The van der Waals surface area contributed by atoms with Gasteiger partial charge in [-0.1, -0.05) is 28.1 Å². The van der Waals surface area contributed by atoms with Crippen molar-refractivity contribution in [3.63, 3.8) is 0 Å². The molecule has 104 valence electrons. The van der Waals surface area contributed by atoms with Gasteiger partial charge in [0.15, 0.2) is 0 Å². The molecule has 0 saturated heterocycles. The zero-order valence-corrected chi connectivity index (χ0v) is 13.0. The molecular weight excluding hydrogens is 340 g/mol. The van der Waals surface area contributed by atoms with E-state index in [2.05, 4.69) is 15.9 Å². The molecule has 1 N–H and O–H groups in total. The van der Waals surface area contributed by atoms with Gasteiger partial charge >= 0.3 is 5.97 Å². The number of hydrogen-bond donors (Lipinski definition) is 1. The predicted octanol–water partition coefficient (Wildman–Crippen LogP) is 4.32. The lowest BCUT2D eigenvalue weighted by atomic mass is 10.2. The Morgan fingerprint density at radius 3 is 2.55 bits per heavy atom. The van der Waals surface area contributed by atoms with Crippen LogP contribution in [-0.2, 0) is 0 Å². The first-order valence-corrected chi connectivity index (χ1v) is 7.78. The number of aromatic carboxylic acids is 1. The number of hydrogen-bond acceptors (Lipinski definition) is 3. The molecule has 0 atom stereocenters. The summed E-state index contributed by atoms with van der Waals surface area (Å²) in [5.41, 5.74) is 0.334. The summed E-state index contributed by atoms with van der Waals surface area (Å²) in [6.07, 6.45) is 0. The average molecular weight is 353 g/mol. The van der Waals surface area contributed by atoms with E-state index in [1.807, 2.05) is 36.4 Å². The standard InChI is InChI=1S/C15H13BrO3S/c16-11-5-7-12(8-6-11)19-9-10-20-14-4-2-1-3-13(14)15(17)18/h1-8H,9-10H2,(H,17,18). The molecule has 0 heterocycles. The Kier molecular flexibility index (Phi) is 5.49. The zero-order chi connectivity index (χ0) is 14.4. The smallest absolute Gasteiger partial charge is 0.336 e. The third kappa shape index (κ3) is 4.28. The molecule has 0 spiro atoms. The Morgan fingerprint density at radius 2 is 1.85 bits per heavy atom. The lowest BCUT2D eigenvalue weighted by Crippen LogP contribution is -2.02. The maximum atomic E-state index is 11.1. The summed E-state index contributed by atoms with van der Waals surface area (Å²) in [5, 5.41) is 9.08. The summed E-state index contributed by atoms with van der Waals surface area (Å²) >= 11 is 4.85. The van der Waals surface area contributed by atoms with Crippen LogP contribution in [0.5, 0.6) is 5.75 Å². The molecule has 0 saturated carbocycles. The van der Waals surface area contributed by atoms with Crippen LogP contribution in [0.15, 0.2) is 57.9 Å². The molecule has 0 unspecified atom stereocenters. The largest absolute Gasteiger partial charge is 0.493 e. The van der Waals surface area contributed by atoms with E-state index in [9.17, 15) is 4.79 Å². The number of thioether (sulfide) groups is 1. The maximum Gasteiger partial charge on any atom is 0.336 e. The van der Waals surface area contributed by atoms with Gasteiger partial charge in [-0.3, -0.25) is 0 Å². The molecule has 0 aliphatic rings. The van der Waals surface area contributed by atoms with Gasteiger partial charge in [-0.05, 0) is 36.4 Å². The summed E-state index contributed by atoms with van der Waals surface area (Å²) in [6, 6.07) is 14.6. The van der Waals surface area contributed by atoms with Gasteiger partial charge in [0.2, 0.25) is 0 Å². The summed E-state index contributed by atoms with van der Waals surface area (Å²) in [7, 11) is 0. The molecule has 0 aliphatic carbocycles. The number of carboxylic acids is 1. The molecule has 3 nitrogen and oxygen atoms in total. The van der Waals surface area contributed by atoms with Crippen LogP contribution >= 0.6 is 27.7 Å². The van der Waals surface area contributed by atoms with Crippen molar-refractivity contribution >= 4 is 33.7 Å². The normalized spacial score (nSPS) is 10.2. The van der Waals surface area contributed by atoms with Crippen LogP contribution in [0.4, 0.5) is 0 Å². The minimum absolute atomic E-state index is 0.334. The van der Waals surface area contributed by atoms with Gasteiger partial charge in [0.1, 0.15) is 5.75 Å². The fourth-order valence-electron chi connectivity index (χ4n) is 1.61. The minimum atomic E-state index is -0.901. The SMILES string of the molecule is O=C(O)c1ccccc1SCCOc1ccc(Br)cc1. The van der Waals surface area contributed by atoms with Crippen molar-refractivity contribution in [2.45, 2.75) is 4.90 Å². The van der Waals surface area contributed by atoms with Crippen LogP contribution < -0.4 is 4.74 Å². The Labute approximate surface area is 130 Å². The maximum absolute atomic E-state index is 11.1. The summed E-state index contributed by atoms with van der Waals surface area (Å²) in [5.74, 6) is 0.600. The third-order valence-corrected chi connectivity index (χ3v) is 4.11. The lowest BCUT2D eigenvalue weighted by molar-refractivity contribution is 0.0693. The molecule has 2 rings (SSSR count). The van der Waals surface area contributed by atoms with E-state index in [-0.39, 0.29) is 0 Å². The first-order chi connectivity index (χ1) is 9.66. The van der Waals surface area contributed by atoms with Crippen molar-refractivity contribution in [2.75, 3.05) is 12.4 Å². The van der Waals surface area contributed by atoms with Crippen molar-refractivity contribution in [3.05, 3.63) is 58.6 Å². The monoisotopic (exact) mass is 352 g/mol. The van der Waals surface area contributed by atoms with E-state index in [1.54, 1.807) is 12.1 Å². The summed E-state index contributed by atoms with van der Waals surface area (Å²) in [6.45, 7) is 0.528. The Morgan fingerprint density at radius 1 is 1.15 bits per heavy atom. The van der Waals surface area contributed by atoms with Crippen molar-refractivity contribution in [1.82, 2.24) is 0 Å². The first-order valence-electron chi connectivity index (χ1n) is 6.00. The van der Waals surface area contributed by atoms with Gasteiger partial charge < -0.3 is 9.84 Å². The van der Waals surface area contributed by atoms with Gasteiger partial charge in [-0.15, -0.1) is 11.8 Å². The fraction of sp³-hybridized carbons (Fsp3) is 0.133. The fourth-order valence-corrected chi connectivity index (χ4v) is 2.75. The number of carbonyl (C=O) groups is 1. The van der Waals surface area contributed by atoms with E-state index in [1.165, 1.54) is 11.8 Å². The Bertz CT molecular complexity index is 584. The molecule has 5 heteroatoms. The highest BCUT2D eigenvalue weighted by Gasteiger charge is 2.08. The van der Waals surface area contributed by atoms with Crippen molar-refractivity contribution in [3.8, 4) is 5.75 Å². The van der Waals surface area contributed by atoms with Gasteiger partial charge in [0.25, 0.3) is 0 Å². The third-order valence-electron chi connectivity index (χ3n) is 2.54. The Balaban J connectivity index is 1.84. The van der Waals surface area contributed by atoms with Gasteiger partial charge in [-0.25, -0.2) is 4.79 Å². The van der Waals surface area contributed by atoms with Crippen molar-refractivity contribution in [2.24, 2.45) is 0 Å². The molecule has 20 heavy (non-hydrogen) atoms. The summed E-state index contributed by atoms with van der Waals surface area (Å²) < 4.78 is 6.60. The predicted molar refractivity (Wildman–Crippen MR) is 83.8 cm³/mol. The van der Waals surface area contributed by atoms with Gasteiger partial charge in [-0.2, -0.15) is 0 Å². The highest BCUT2D eigenvalue weighted by molar-refractivity contribution is 9.10. The van der Waals surface area contributed by atoms with Gasteiger partial charge in [0.05, 0.1) is 12.2 Å². The number of carboxylic acid groups (broad SMARTS) is 1. The molecule has 0 bridgehead atoms. The quantitative estimate of drug-likeness (QED) is 0.621. The second-order valence-corrected chi connectivity index (χ2v) is 6.00. The topological polar surface area (TPSA) is 46.5 Å². The average Bonchev–Trinajstić information content (AvgIpc) is 2.46. The molecule has 2 aromatic rings. The molecule has 0 amide bonds. The summed E-state index contributed by atoms with van der Waals surface area (Å²) in [4.78, 5) is 11.8. The van der Waals surface area contributed by atoms with Crippen LogP contribution in [0, 0.1) is 0 Å². The molecule has 0 aliphatic heterocycles. The van der Waals surface area contributed by atoms with E-state index in [4.69, 9.17) is 9.84 Å². The molecule has 2 aromatic carbocycles. The number of halogens is 1. The second kappa shape index (κ2) is 7.36. The molecule has 0 aromatic heterocycles. The lowest BCUT2D eigenvalue weighted by Gasteiger charge is -2.07. The van der Waals surface area contributed by atoms with E-state index in [0.29, 0.717) is 17.9 Å². The number of ether oxygens (including phenoxy) is 1. The van der Waals surface area contributed by atoms with Crippen molar-refractivity contribution < 1.29 is 14.6 Å². The highest BCUT2D eigenvalue weighted by Crippen LogP contribution is 2.23. The molecule has 0 radical (unpaired) electrons. The van der Waals surface area contributed by atoms with Gasteiger partial charge in [0, 0.05) is 15.1 Å². The van der Waals surface area contributed by atoms with Crippen LogP contribution in [0.3, 0.4) is 0 Å². The van der Waals surface area contributed by atoms with E-state index >= 15 is 0 Å². The number of benzene rings is 2. The first kappa shape index (κ1) is 14.9. The van der Waals surface area contributed by atoms with Crippen molar-refractivity contribution in [1.29, 1.82) is 0 Å². The minimum Gasteiger partial charge on any atom is -0.493 e. The Hall–Kier alpha value is -1.46. The van der Waals surface area contributed by atoms with Crippen LogP contribution in [0.25, 0.3) is 0 Å². The molecule has 0 fully saturated rings. The number of rotatable bonds is 6.